The van der Waals surface area contributed by atoms with Gasteiger partial charge in [-0.2, -0.15) is 24.9 Å². The molecule has 1 amide bonds. The van der Waals surface area contributed by atoms with Gasteiger partial charge in [0.05, 0.1) is 21.1 Å². The zero-order chi connectivity index (χ0) is 22.4. The van der Waals surface area contributed by atoms with E-state index in [1.807, 2.05) is 23.9 Å². The molecule has 3 rings (SSSR count). The van der Waals surface area contributed by atoms with Gasteiger partial charge in [-0.3, -0.25) is 19.8 Å². The van der Waals surface area contributed by atoms with E-state index in [2.05, 4.69) is 10.2 Å². The van der Waals surface area contributed by atoms with Gasteiger partial charge in [-0.1, -0.05) is 18.2 Å². The number of hydrogen-bond acceptors (Lipinski definition) is 6. The lowest BCUT2D eigenvalue weighted by Gasteiger charge is -2.27. The van der Waals surface area contributed by atoms with Crippen LogP contribution in [0.15, 0.2) is 47.4 Å². The fourth-order valence-electron chi connectivity index (χ4n) is 3.07. The van der Waals surface area contributed by atoms with E-state index in [1.165, 1.54) is 0 Å². The van der Waals surface area contributed by atoms with Gasteiger partial charge in [0, 0.05) is 42.9 Å². The second-order valence-corrected chi connectivity index (χ2v) is 9.06. The first-order valence-electron chi connectivity index (χ1n) is 9.40. The maximum absolute atomic E-state index is 12.8. The van der Waals surface area contributed by atoms with Gasteiger partial charge in [-0.15, -0.1) is 11.8 Å². The van der Waals surface area contributed by atoms with Crippen molar-refractivity contribution in [1.29, 1.82) is 0 Å². The lowest BCUT2D eigenvalue weighted by Crippen LogP contribution is -2.32. The van der Waals surface area contributed by atoms with Crippen LogP contribution in [-0.4, -0.2) is 46.1 Å². The van der Waals surface area contributed by atoms with Crippen molar-refractivity contribution in [3.05, 3.63) is 63.7 Å². The van der Waals surface area contributed by atoms with Crippen LogP contribution >= 0.6 is 23.5 Å². The van der Waals surface area contributed by atoms with Crippen molar-refractivity contribution in [2.75, 3.05) is 35.7 Å². The van der Waals surface area contributed by atoms with Crippen LogP contribution in [0.5, 0.6) is 0 Å². The summed E-state index contributed by atoms with van der Waals surface area (Å²) < 4.78 is 38.5. The van der Waals surface area contributed by atoms with E-state index in [0.29, 0.717) is 18.3 Å². The molecular weight excluding hydrogens is 451 g/mol. The fourth-order valence-corrected chi connectivity index (χ4v) is 4.85. The van der Waals surface area contributed by atoms with Gasteiger partial charge in [0.25, 0.3) is 5.69 Å². The minimum absolute atomic E-state index is 0.00671. The molecule has 0 aliphatic carbocycles. The van der Waals surface area contributed by atoms with Crippen molar-refractivity contribution < 1.29 is 22.9 Å². The summed E-state index contributed by atoms with van der Waals surface area (Å²) in [6, 6.07) is 9.72. The monoisotopic (exact) mass is 471 g/mol. The molecule has 1 heterocycles. The Labute approximate surface area is 185 Å². The van der Waals surface area contributed by atoms with E-state index in [0.717, 1.165) is 54.1 Å². The summed E-state index contributed by atoms with van der Waals surface area (Å²) in [5, 5.41) is 14.0. The lowest BCUT2D eigenvalue weighted by molar-refractivity contribution is -0.388. The Morgan fingerprint density at radius 3 is 2.58 bits per heavy atom. The van der Waals surface area contributed by atoms with E-state index in [9.17, 15) is 28.1 Å². The molecule has 0 atom stereocenters. The van der Waals surface area contributed by atoms with Gasteiger partial charge >= 0.3 is 6.18 Å². The first-order valence-corrected chi connectivity index (χ1v) is 11.5. The molecule has 0 saturated carbocycles. The molecular formula is C20H20F3N3O3S2. The van der Waals surface area contributed by atoms with Crippen LogP contribution in [0.4, 0.5) is 24.5 Å². The minimum Gasteiger partial charge on any atom is -0.325 e. The molecule has 1 aliphatic heterocycles. The number of nitrogens with one attached hydrogen (secondary N) is 1. The molecule has 6 nitrogen and oxygen atoms in total. The maximum atomic E-state index is 12.8. The summed E-state index contributed by atoms with van der Waals surface area (Å²) in [4.78, 5) is 25.1. The largest absolute Gasteiger partial charge is 0.416 e. The Morgan fingerprint density at radius 2 is 1.90 bits per heavy atom. The average Bonchev–Trinajstić information content (AvgIpc) is 2.73. The standard InChI is InChI=1S/C20H20F3N3O3S2/c21-20(22,23)15-5-6-18(17(11-15)26(28)29)31-13-19(27)24-16-4-2-1-3-14(16)12-25-7-9-30-10-8-25/h1-6,11H,7-10,12-13H2,(H,24,27). The van der Waals surface area contributed by atoms with Crippen LogP contribution < -0.4 is 5.32 Å². The molecule has 0 aromatic heterocycles. The number of halogens is 3. The van der Waals surface area contributed by atoms with Gasteiger partial charge in [0.1, 0.15) is 0 Å². The number of amides is 1. The molecule has 0 unspecified atom stereocenters. The summed E-state index contributed by atoms with van der Waals surface area (Å²) in [5.41, 5.74) is -0.143. The summed E-state index contributed by atoms with van der Waals surface area (Å²) in [5.74, 6) is 1.58. The number of nitro groups is 1. The number of carbonyl (C=O) groups is 1. The second-order valence-electron chi connectivity index (χ2n) is 6.82. The highest BCUT2D eigenvalue weighted by molar-refractivity contribution is 8.00. The van der Waals surface area contributed by atoms with E-state index >= 15 is 0 Å². The zero-order valence-electron chi connectivity index (χ0n) is 16.4. The Balaban J connectivity index is 1.65. The number of alkyl halides is 3. The first kappa shape index (κ1) is 23.4. The number of nitro benzene ring substituents is 1. The summed E-state index contributed by atoms with van der Waals surface area (Å²) in [7, 11) is 0. The smallest absolute Gasteiger partial charge is 0.325 e. The molecule has 2 aromatic rings. The number of thioether (sulfide) groups is 2. The van der Waals surface area contributed by atoms with Crippen molar-refractivity contribution in [2.24, 2.45) is 0 Å². The van der Waals surface area contributed by atoms with Crippen LogP contribution in [0, 0.1) is 10.1 Å². The molecule has 1 saturated heterocycles. The van der Waals surface area contributed by atoms with Crippen molar-refractivity contribution >= 4 is 40.8 Å². The summed E-state index contributed by atoms with van der Waals surface area (Å²) in [6.07, 6.45) is -4.68. The Bertz CT molecular complexity index is 951. The van der Waals surface area contributed by atoms with Gasteiger partial charge in [0.2, 0.25) is 5.91 Å². The van der Waals surface area contributed by atoms with Crippen molar-refractivity contribution in [2.45, 2.75) is 17.6 Å². The molecule has 0 bridgehead atoms. The Kier molecular flexibility index (Phi) is 7.84. The quantitative estimate of drug-likeness (QED) is 0.352. The zero-order valence-corrected chi connectivity index (χ0v) is 18.0. The minimum atomic E-state index is -4.68. The van der Waals surface area contributed by atoms with Crippen LogP contribution in [0.25, 0.3) is 0 Å². The normalized spacial score (nSPS) is 14.9. The average molecular weight is 472 g/mol. The molecule has 0 radical (unpaired) electrons. The van der Waals surface area contributed by atoms with Crippen molar-refractivity contribution in [1.82, 2.24) is 4.90 Å². The molecule has 11 heteroatoms. The number of carbonyl (C=O) groups excluding carboxylic acids is 1. The van der Waals surface area contributed by atoms with Crippen molar-refractivity contribution in [3.63, 3.8) is 0 Å². The number of para-hydroxylation sites is 1. The Hall–Kier alpha value is -2.24. The highest BCUT2D eigenvalue weighted by Gasteiger charge is 2.33. The van der Waals surface area contributed by atoms with Gasteiger partial charge in [-0.25, -0.2) is 0 Å². The van der Waals surface area contributed by atoms with Crippen molar-refractivity contribution in [3.8, 4) is 0 Å². The third-order valence-electron chi connectivity index (χ3n) is 4.63. The van der Waals surface area contributed by atoms with E-state index in [4.69, 9.17) is 0 Å². The van der Waals surface area contributed by atoms with Gasteiger partial charge in [0.15, 0.2) is 0 Å². The van der Waals surface area contributed by atoms with Crippen LogP contribution in [-0.2, 0) is 17.5 Å². The first-order chi connectivity index (χ1) is 14.7. The number of nitrogens with zero attached hydrogens (tertiary/aromatic N) is 2. The number of hydrogen-bond donors (Lipinski definition) is 1. The second kappa shape index (κ2) is 10.4. The number of anilines is 1. The molecule has 166 valence electrons. The summed E-state index contributed by atoms with van der Waals surface area (Å²) in [6.45, 7) is 2.65. The van der Waals surface area contributed by atoms with E-state index in [-0.39, 0.29) is 16.6 Å². The summed E-state index contributed by atoms with van der Waals surface area (Å²) >= 11 is 2.74. The van der Waals surface area contributed by atoms with Gasteiger partial charge < -0.3 is 5.32 Å². The van der Waals surface area contributed by atoms with Crippen LogP contribution in [0.3, 0.4) is 0 Å². The molecule has 1 fully saturated rings. The molecule has 0 spiro atoms. The van der Waals surface area contributed by atoms with Crippen LogP contribution in [0.1, 0.15) is 11.1 Å². The maximum Gasteiger partial charge on any atom is 0.416 e. The SMILES string of the molecule is O=C(CSc1ccc(C(F)(F)F)cc1[N+](=O)[O-])Nc1ccccc1CN1CCSCC1. The third-order valence-corrected chi connectivity index (χ3v) is 6.64. The molecule has 1 N–H and O–H groups in total. The topological polar surface area (TPSA) is 75.5 Å². The third kappa shape index (κ3) is 6.62. The highest BCUT2D eigenvalue weighted by Crippen LogP contribution is 2.36. The van der Waals surface area contributed by atoms with E-state index < -0.39 is 22.4 Å². The predicted molar refractivity (Wildman–Crippen MR) is 116 cm³/mol. The van der Waals surface area contributed by atoms with Gasteiger partial charge in [-0.05, 0) is 23.8 Å². The number of rotatable bonds is 7. The van der Waals surface area contributed by atoms with E-state index in [1.54, 1.807) is 12.1 Å². The van der Waals surface area contributed by atoms with Crippen LogP contribution in [0.2, 0.25) is 0 Å². The predicted octanol–water partition coefficient (Wildman–Crippen LogP) is 4.89. The molecule has 2 aromatic carbocycles. The highest BCUT2D eigenvalue weighted by atomic mass is 32.2. The Morgan fingerprint density at radius 1 is 1.19 bits per heavy atom. The molecule has 31 heavy (non-hydrogen) atoms. The lowest BCUT2D eigenvalue weighted by atomic mass is 10.1. The number of benzene rings is 2. The fraction of sp³-hybridized carbons (Fsp3) is 0.350. The molecule has 1 aliphatic rings.